The largest absolute Gasteiger partial charge is 0.381 e. The molecule has 9 heteroatoms. The van der Waals surface area contributed by atoms with Crippen LogP contribution in [-0.4, -0.2) is 71.3 Å². The smallest absolute Gasteiger partial charge is 0.191 e. The first-order valence-electron chi connectivity index (χ1n) is 10.5. The van der Waals surface area contributed by atoms with Gasteiger partial charge in [-0.3, -0.25) is 4.99 Å². The highest BCUT2D eigenvalue weighted by Crippen LogP contribution is 2.29. The average molecular weight is 441 g/mol. The molecule has 2 N–H and O–H groups in total. The molecule has 0 aliphatic carbocycles. The maximum atomic E-state index is 14.3. The van der Waals surface area contributed by atoms with E-state index in [1.165, 1.54) is 12.3 Å². The molecule has 2 aliphatic heterocycles. The number of hydrogen-bond donors (Lipinski definition) is 2. The van der Waals surface area contributed by atoms with Crippen molar-refractivity contribution >= 4 is 21.5 Å². The number of ether oxygens (including phenoxy) is 1. The van der Waals surface area contributed by atoms with Gasteiger partial charge in [-0.2, -0.15) is 0 Å². The SMILES string of the molecule is CN=C(NCC1(S(C)(=O)=O)CCOCC1)NC1CCCN(c2cc(C)ccc2F)C1. The lowest BCUT2D eigenvalue weighted by molar-refractivity contribution is 0.0756. The number of rotatable bonds is 5. The van der Waals surface area contributed by atoms with Crippen molar-refractivity contribution in [3.05, 3.63) is 29.6 Å². The Kier molecular flexibility index (Phi) is 7.23. The minimum atomic E-state index is -3.25. The highest BCUT2D eigenvalue weighted by molar-refractivity contribution is 7.92. The normalized spacial score (nSPS) is 22.6. The summed E-state index contributed by atoms with van der Waals surface area (Å²) in [4.78, 5) is 6.35. The molecule has 1 aromatic rings. The molecule has 2 saturated heterocycles. The van der Waals surface area contributed by atoms with Gasteiger partial charge in [0.25, 0.3) is 0 Å². The van der Waals surface area contributed by atoms with Crippen molar-refractivity contribution in [3.8, 4) is 0 Å². The summed E-state index contributed by atoms with van der Waals surface area (Å²) < 4.78 is 43.8. The number of benzene rings is 1. The van der Waals surface area contributed by atoms with E-state index in [9.17, 15) is 12.8 Å². The predicted molar refractivity (Wildman–Crippen MR) is 118 cm³/mol. The molecular formula is C21H33FN4O3S. The third-order valence-corrected chi connectivity index (χ3v) is 8.32. The molecule has 2 heterocycles. The topological polar surface area (TPSA) is 83.0 Å². The summed E-state index contributed by atoms with van der Waals surface area (Å²) >= 11 is 0. The molecule has 3 rings (SSSR count). The number of nitrogens with one attached hydrogen (secondary N) is 2. The second kappa shape index (κ2) is 9.51. The van der Waals surface area contributed by atoms with Crippen molar-refractivity contribution in [1.82, 2.24) is 10.6 Å². The fourth-order valence-corrected chi connectivity index (χ4v) is 5.48. The Morgan fingerprint density at radius 2 is 2.10 bits per heavy atom. The van der Waals surface area contributed by atoms with Crippen LogP contribution < -0.4 is 15.5 Å². The zero-order chi connectivity index (χ0) is 21.8. The van der Waals surface area contributed by atoms with Crippen LogP contribution in [0.1, 0.15) is 31.2 Å². The third kappa shape index (κ3) is 5.24. The maximum absolute atomic E-state index is 14.3. The summed E-state index contributed by atoms with van der Waals surface area (Å²) in [6.45, 7) is 4.61. The summed E-state index contributed by atoms with van der Waals surface area (Å²) in [5.41, 5.74) is 1.66. The zero-order valence-corrected chi connectivity index (χ0v) is 18.9. The van der Waals surface area contributed by atoms with Gasteiger partial charge in [0.05, 0.1) is 10.4 Å². The number of hydrogen-bond acceptors (Lipinski definition) is 5. The fourth-order valence-electron chi connectivity index (χ4n) is 4.23. The molecule has 30 heavy (non-hydrogen) atoms. The molecule has 0 saturated carbocycles. The molecule has 0 bridgehead atoms. The monoisotopic (exact) mass is 440 g/mol. The lowest BCUT2D eigenvalue weighted by Crippen LogP contribution is -2.56. The van der Waals surface area contributed by atoms with Gasteiger partial charge < -0.3 is 20.3 Å². The van der Waals surface area contributed by atoms with Gasteiger partial charge in [0.15, 0.2) is 15.8 Å². The molecule has 2 aliphatic rings. The van der Waals surface area contributed by atoms with Gasteiger partial charge >= 0.3 is 0 Å². The van der Waals surface area contributed by atoms with Crippen molar-refractivity contribution in [1.29, 1.82) is 0 Å². The van der Waals surface area contributed by atoms with Crippen LogP contribution in [0.4, 0.5) is 10.1 Å². The van der Waals surface area contributed by atoms with E-state index in [0.29, 0.717) is 44.2 Å². The van der Waals surface area contributed by atoms with Crippen molar-refractivity contribution in [2.75, 3.05) is 51.1 Å². The van der Waals surface area contributed by atoms with E-state index in [-0.39, 0.29) is 18.4 Å². The van der Waals surface area contributed by atoms with Crippen LogP contribution in [-0.2, 0) is 14.6 Å². The van der Waals surface area contributed by atoms with Crippen LogP contribution in [0.25, 0.3) is 0 Å². The van der Waals surface area contributed by atoms with Crippen LogP contribution in [0.15, 0.2) is 23.2 Å². The standard InChI is InChI=1S/C21H33FN4O3S/c1-16-6-7-18(22)19(13-16)26-10-4-5-17(14-26)25-20(23-2)24-15-21(30(3,27)28)8-11-29-12-9-21/h6-7,13,17H,4-5,8-12,14-15H2,1-3H3,(H2,23,24,25). The minimum Gasteiger partial charge on any atom is -0.381 e. The Morgan fingerprint density at radius 1 is 1.37 bits per heavy atom. The fraction of sp³-hybridized carbons (Fsp3) is 0.667. The van der Waals surface area contributed by atoms with Gasteiger partial charge in [0.2, 0.25) is 0 Å². The van der Waals surface area contributed by atoms with E-state index in [1.54, 1.807) is 13.1 Å². The molecule has 2 fully saturated rings. The summed E-state index contributed by atoms with van der Waals surface area (Å²) in [7, 11) is -1.58. The second-order valence-corrected chi connectivity index (χ2v) is 10.8. The van der Waals surface area contributed by atoms with Crippen LogP contribution in [0, 0.1) is 12.7 Å². The zero-order valence-electron chi connectivity index (χ0n) is 18.1. The van der Waals surface area contributed by atoms with Crippen molar-refractivity contribution in [2.45, 2.75) is 43.4 Å². The molecule has 0 amide bonds. The van der Waals surface area contributed by atoms with E-state index >= 15 is 0 Å². The highest BCUT2D eigenvalue weighted by Gasteiger charge is 2.42. The summed E-state index contributed by atoms with van der Waals surface area (Å²) in [5, 5.41) is 6.62. The predicted octanol–water partition coefficient (Wildman–Crippen LogP) is 1.86. The highest BCUT2D eigenvalue weighted by atomic mass is 32.2. The van der Waals surface area contributed by atoms with E-state index in [0.717, 1.165) is 24.9 Å². The van der Waals surface area contributed by atoms with E-state index in [1.807, 2.05) is 13.0 Å². The molecular weight excluding hydrogens is 407 g/mol. The van der Waals surface area contributed by atoms with Gasteiger partial charge in [-0.15, -0.1) is 0 Å². The van der Waals surface area contributed by atoms with Crippen LogP contribution in [0.3, 0.4) is 0 Å². The Balaban J connectivity index is 1.63. The molecule has 0 radical (unpaired) electrons. The van der Waals surface area contributed by atoms with Crippen molar-refractivity contribution < 1.29 is 17.5 Å². The van der Waals surface area contributed by atoms with Crippen molar-refractivity contribution in [2.24, 2.45) is 4.99 Å². The van der Waals surface area contributed by atoms with Gasteiger partial charge in [0, 0.05) is 52.2 Å². The number of anilines is 1. The minimum absolute atomic E-state index is 0.0914. The first kappa shape index (κ1) is 22.8. The van der Waals surface area contributed by atoms with E-state index < -0.39 is 14.6 Å². The van der Waals surface area contributed by atoms with Crippen molar-refractivity contribution in [3.63, 3.8) is 0 Å². The van der Waals surface area contributed by atoms with Gasteiger partial charge in [-0.05, 0) is 50.3 Å². The number of nitrogens with zero attached hydrogens (tertiary/aromatic N) is 2. The lowest BCUT2D eigenvalue weighted by Gasteiger charge is -2.37. The number of guanidine groups is 1. The molecule has 7 nitrogen and oxygen atoms in total. The first-order chi connectivity index (χ1) is 14.2. The number of aryl methyl sites for hydroxylation is 1. The second-order valence-electron chi connectivity index (χ2n) is 8.38. The van der Waals surface area contributed by atoms with Gasteiger partial charge in [-0.1, -0.05) is 6.07 Å². The van der Waals surface area contributed by atoms with E-state index in [2.05, 4.69) is 20.5 Å². The Morgan fingerprint density at radius 3 is 2.77 bits per heavy atom. The number of piperidine rings is 1. The summed E-state index contributed by atoms with van der Waals surface area (Å²) in [6, 6.07) is 5.26. The quantitative estimate of drug-likeness (QED) is 0.537. The van der Waals surface area contributed by atoms with Gasteiger partial charge in [-0.25, -0.2) is 12.8 Å². The van der Waals surface area contributed by atoms with Crippen LogP contribution >= 0.6 is 0 Å². The van der Waals surface area contributed by atoms with Crippen LogP contribution in [0.2, 0.25) is 0 Å². The summed E-state index contributed by atoms with van der Waals surface area (Å²) in [6.07, 6.45) is 4.12. The molecule has 1 aromatic carbocycles. The maximum Gasteiger partial charge on any atom is 0.191 e. The molecule has 1 unspecified atom stereocenters. The molecule has 0 spiro atoms. The van der Waals surface area contributed by atoms with E-state index in [4.69, 9.17) is 4.74 Å². The average Bonchev–Trinajstić information content (AvgIpc) is 2.73. The van der Waals surface area contributed by atoms with Gasteiger partial charge in [0.1, 0.15) is 5.82 Å². The Hall–Kier alpha value is -1.87. The number of sulfone groups is 1. The number of halogens is 1. The first-order valence-corrected chi connectivity index (χ1v) is 12.4. The third-order valence-electron chi connectivity index (χ3n) is 6.20. The van der Waals surface area contributed by atoms with Crippen LogP contribution in [0.5, 0.6) is 0 Å². The molecule has 1 atom stereocenters. The molecule has 168 valence electrons. The Bertz CT molecular complexity index is 869. The molecule has 0 aromatic heterocycles. The Labute approximate surface area is 179 Å². The number of aliphatic imine (C=N–C) groups is 1. The lowest BCUT2D eigenvalue weighted by atomic mass is 9.99. The summed E-state index contributed by atoms with van der Waals surface area (Å²) in [5.74, 6) is 0.361.